The van der Waals surface area contributed by atoms with E-state index in [1.54, 1.807) is 0 Å². The molecule has 3 nitrogen and oxygen atoms in total. The molecule has 0 saturated carbocycles. The second kappa shape index (κ2) is 9.75. The normalized spacial score (nSPS) is 4.00. The summed E-state index contributed by atoms with van der Waals surface area (Å²) in [4.78, 5) is 8.56. The van der Waals surface area contributed by atoms with Gasteiger partial charge in [-0.05, 0) is 0 Å². The average molecular weight is 249 g/mol. The van der Waals surface area contributed by atoms with Gasteiger partial charge in [0.2, 0.25) is 0 Å². The van der Waals surface area contributed by atoms with E-state index < -0.39 is 6.16 Å². The summed E-state index contributed by atoms with van der Waals surface area (Å²) in [5.41, 5.74) is 0. The summed E-state index contributed by atoms with van der Waals surface area (Å²) in [5, 5.41) is 13.9. The minimum Gasteiger partial charge on any atom is 0 e. The molecule has 0 unspecified atom stereocenters. The van der Waals surface area contributed by atoms with Crippen LogP contribution in [0.25, 0.3) is 0 Å². The molecule has 0 rings (SSSR count). The number of hydrogen-bond donors (Lipinski definition) is 2. The number of hydrogen-bond acceptors (Lipinski definition) is 1. The van der Waals surface area contributed by atoms with Gasteiger partial charge in [-0.3, -0.25) is 0 Å². The molecule has 0 bridgehead atoms. The first kappa shape index (κ1) is 15.6. The van der Waals surface area contributed by atoms with E-state index >= 15 is 0 Å². The Morgan fingerprint density at radius 1 is 1.33 bits per heavy atom. The first-order valence-electron chi connectivity index (χ1n) is 0.651. The molecule has 0 aliphatic heterocycles. The van der Waals surface area contributed by atoms with Crippen LogP contribution in [0.15, 0.2) is 0 Å². The third-order valence-electron chi connectivity index (χ3n) is 0. The zero-order valence-electron chi connectivity index (χ0n) is 2.30. The van der Waals surface area contributed by atoms with Crippen LogP contribution >= 0.6 is 0 Å². The quantitative estimate of drug-likeness (QED) is 0.558. The molecule has 0 radical (unpaired) electrons. The topological polar surface area (TPSA) is 57.5 Å². The van der Waals surface area contributed by atoms with Crippen molar-refractivity contribution in [3.63, 3.8) is 0 Å². The monoisotopic (exact) mass is 250 g/mol. The van der Waals surface area contributed by atoms with Crippen LogP contribution in [-0.2, 0) is 21.7 Å². The van der Waals surface area contributed by atoms with Crippen LogP contribution in [0.4, 0.5) is 4.79 Å². The Hall–Kier alpha value is 1.56. The molecule has 0 amide bonds. The Labute approximate surface area is 90.1 Å². The summed E-state index contributed by atoms with van der Waals surface area (Å²) in [5.74, 6) is 0. The van der Waals surface area contributed by atoms with Gasteiger partial charge < -0.3 is 10.2 Å². The molecule has 0 spiro atoms. The molecule has 0 heterocycles. The minimum absolute atomic E-state index is 0. The van der Waals surface area contributed by atoms with Crippen LogP contribution in [0, 0.1) is 0 Å². The number of carbonyl (C=O) groups is 1. The Morgan fingerprint density at radius 3 is 1.33 bits per heavy atom. The summed E-state index contributed by atoms with van der Waals surface area (Å²) < 4.78 is 0. The van der Waals surface area contributed by atoms with Crippen LogP contribution in [0.2, 0.25) is 0 Å². The van der Waals surface area contributed by atoms with E-state index in [2.05, 4.69) is 0 Å². The molecule has 0 aromatic heterocycles. The fraction of sp³-hybridized carbons (Fsp3) is 0. The van der Waals surface area contributed by atoms with Crippen molar-refractivity contribution in [3.8, 4) is 0 Å². The van der Waals surface area contributed by atoms with Gasteiger partial charge in [0.25, 0.3) is 0 Å². The zero-order chi connectivity index (χ0) is 3.58. The number of rotatable bonds is 0. The fourth-order valence-corrected chi connectivity index (χ4v) is 0. The van der Waals surface area contributed by atoms with Crippen molar-refractivity contribution in [2.75, 3.05) is 0 Å². The predicted molar refractivity (Wildman–Crippen MR) is 19.2 cm³/mol. The van der Waals surface area contributed by atoms with Gasteiger partial charge in [-0.25, -0.2) is 4.79 Å². The SMILES string of the molecule is O=C(O)O.[BaH2].[Ti]. The van der Waals surface area contributed by atoms with Gasteiger partial charge in [0, 0.05) is 21.7 Å². The van der Waals surface area contributed by atoms with Crippen molar-refractivity contribution in [1.29, 1.82) is 0 Å². The summed E-state index contributed by atoms with van der Waals surface area (Å²) in [6.07, 6.45) is -1.83. The maximum absolute atomic E-state index is 8.56. The van der Waals surface area contributed by atoms with Crippen molar-refractivity contribution in [1.82, 2.24) is 0 Å². The number of carboxylic acid groups (broad SMARTS) is 2. The molecule has 32 valence electrons. The molecule has 0 aromatic carbocycles. The van der Waals surface area contributed by atoms with Crippen molar-refractivity contribution in [3.05, 3.63) is 0 Å². The van der Waals surface area contributed by atoms with Gasteiger partial charge in [0.1, 0.15) is 0 Å². The molecular formula is CH4BaO3Ti. The van der Waals surface area contributed by atoms with Gasteiger partial charge in [-0.15, -0.1) is 0 Å². The fourth-order valence-electron chi connectivity index (χ4n) is 0. The van der Waals surface area contributed by atoms with Gasteiger partial charge >= 0.3 is 55.0 Å². The Morgan fingerprint density at radius 2 is 1.33 bits per heavy atom. The minimum atomic E-state index is -1.83. The Balaban J connectivity index is -0.0000000450. The third-order valence-corrected chi connectivity index (χ3v) is 0. The van der Waals surface area contributed by atoms with Gasteiger partial charge in [-0.2, -0.15) is 0 Å². The van der Waals surface area contributed by atoms with E-state index in [0.717, 1.165) is 0 Å². The van der Waals surface area contributed by atoms with Gasteiger partial charge in [0.15, 0.2) is 0 Å². The van der Waals surface area contributed by atoms with Gasteiger partial charge in [-0.1, -0.05) is 0 Å². The molecule has 6 heavy (non-hydrogen) atoms. The van der Waals surface area contributed by atoms with Crippen molar-refractivity contribution >= 4 is 55.0 Å². The maximum atomic E-state index is 8.56. The molecule has 0 aromatic rings. The summed E-state index contributed by atoms with van der Waals surface area (Å²) in [7, 11) is 0. The van der Waals surface area contributed by atoms with Crippen LogP contribution in [0.5, 0.6) is 0 Å². The molecule has 0 aliphatic rings. The summed E-state index contributed by atoms with van der Waals surface area (Å²) in [6.45, 7) is 0. The molecular weight excluding hydrogens is 245 g/mol. The zero-order valence-corrected chi connectivity index (χ0v) is 3.86. The molecule has 5 heteroatoms. The van der Waals surface area contributed by atoms with Crippen molar-refractivity contribution < 1.29 is 36.7 Å². The van der Waals surface area contributed by atoms with E-state index in [-0.39, 0.29) is 70.6 Å². The van der Waals surface area contributed by atoms with E-state index in [4.69, 9.17) is 15.0 Å². The van der Waals surface area contributed by atoms with E-state index in [0.29, 0.717) is 0 Å². The largest absolute Gasteiger partial charge is 0 e. The van der Waals surface area contributed by atoms with Crippen LogP contribution in [0.3, 0.4) is 0 Å². The molecule has 0 fully saturated rings. The second-order valence-electron chi connectivity index (χ2n) is 0.283. The smallest absolute Gasteiger partial charge is 0 e. The summed E-state index contributed by atoms with van der Waals surface area (Å²) >= 11 is 0. The molecule has 0 aliphatic carbocycles. The van der Waals surface area contributed by atoms with Crippen LogP contribution < -0.4 is 0 Å². The first-order chi connectivity index (χ1) is 1.73. The van der Waals surface area contributed by atoms with E-state index in [1.807, 2.05) is 0 Å². The first-order valence-corrected chi connectivity index (χ1v) is 0.651. The van der Waals surface area contributed by atoms with Crippen molar-refractivity contribution in [2.45, 2.75) is 0 Å². The molecule has 0 atom stereocenters. The third kappa shape index (κ3) is 47.6. The standard InChI is InChI=1S/CH2O3.Ba.Ti.2H/c2-1(3)4;;;;/h(H2,2,3,4);;;;. The maximum Gasteiger partial charge on any atom is 0 e. The Kier molecular flexibility index (Phi) is 25.4. The van der Waals surface area contributed by atoms with Crippen molar-refractivity contribution in [2.24, 2.45) is 0 Å². The molecule has 0 saturated heterocycles. The van der Waals surface area contributed by atoms with E-state index in [9.17, 15) is 0 Å². The Bertz CT molecular complexity index is 33.8. The van der Waals surface area contributed by atoms with Crippen LogP contribution in [-0.4, -0.2) is 65.2 Å². The van der Waals surface area contributed by atoms with Gasteiger partial charge in [0.05, 0.1) is 0 Å². The predicted octanol–water partition coefficient (Wildman–Crippen LogP) is -0.696. The van der Waals surface area contributed by atoms with Crippen LogP contribution in [0.1, 0.15) is 0 Å². The summed E-state index contributed by atoms with van der Waals surface area (Å²) in [6, 6.07) is 0. The van der Waals surface area contributed by atoms with E-state index in [1.165, 1.54) is 0 Å². The second-order valence-corrected chi connectivity index (χ2v) is 0.283. The molecule has 2 N–H and O–H groups in total. The average Bonchev–Trinajstić information content (AvgIpc) is 0.811.